The fourth-order valence-electron chi connectivity index (χ4n) is 3.28. The first-order valence-electron chi connectivity index (χ1n) is 8.13. The molecule has 2 aliphatic rings. The van der Waals surface area contributed by atoms with Crippen molar-refractivity contribution >= 4 is 35.2 Å². The van der Waals surface area contributed by atoms with E-state index in [-0.39, 0.29) is 11.1 Å². The summed E-state index contributed by atoms with van der Waals surface area (Å²) in [5.41, 5.74) is 1.82. The Morgan fingerprint density at radius 2 is 2.19 bits per heavy atom. The van der Waals surface area contributed by atoms with Crippen LogP contribution in [0.25, 0.3) is 11.6 Å². The van der Waals surface area contributed by atoms with Crippen LogP contribution in [0.2, 0.25) is 0 Å². The van der Waals surface area contributed by atoms with Crippen LogP contribution in [-0.2, 0) is 0 Å². The molecule has 0 aliphatic carbocycles. The highest BCUT2D eigenvalue weighted by Gasteiger charge is 2.33. The van der Waals surface area contributed by atoms with Gasteiger partial charge in [0, 0.05) is 36.5 Å². The Morgan fingerprint density at radius 3 is 2.92 bits per heavy atom. The second-order valence-electron chi connectivity index (χ2n) is 6.06. The van der Waals surface area contributed by atoms with Gasteiger partial charge in [0.25, 0.3) is 0 Å². The summed E-state index contributed by atoms with van der Waals surface area (Å²) in [6.45, 7) is 2.93. The van der Waals surface area contributed by atoms with Crippen LogP contribution in [0.3, 0.4) is 0 Å². The fraction of sp³-hybridized carbons (Fsp3) is 0.222. The topological polar surface area (TPSA) is 90.7 Å². The van der Waals surface area contributed by atoms with Gasteiger partial charge in [-0.25, -0.2) is 14.2 Å². The first-order valence-corrected chi connectivity index (χ1v) is 8.13. The van der Waals surface area contributed by atoms with Gasteiger partial charge in [0.1, 0.15) is 17.5 Å². The Balaban J connectivity index is 1.96. The van der Waals surface area contributed by atoms with Crippen molar-refractivity contribution < 1.29 is 14.3 Å². The summed E-state index contributed by atoms with van der Waals surface area (Å²) in [5.74, 6) is -0.260. The molecule has 3 heterocycles. The molecule has 1 aromatic heterocycles. The number of nitrogens with one attached hydrogen (secondary N) is 1. The van der Waals surface area contributed by atoms with Crippen LogP contribution < -0.4 is 10.2 Å². The summed E-state index contributed by atoms with van der Waals surface area (Å²) in [6, 6.07) is 2.89. The molecule has 0 spiro atoms. The van der Waals surface area contributed by atoms with Crippen molar-refractivity contribution in [2.75, 3.05) is 30.4 Å². The highest BCUT2D eigenvalue weighted by atomic mass is 19.1. The van der Waals surface area contributed by atoms with Crippen LogP contribution >= 0.6 is 0 Å². The van der Waals surface area contributed by atoms with Crippen molar-refractivity contribution in [2.24, 2.45) is 4.99 Å². The third-order valence-corrected chi connectivity index (χ3v) is 4.51. The van der Waals surface area contributed by atoms with E-state index in [1.165, 1.54) is 6.07 Å². The van der Waals surface area contributed by atoms with E-state index in [0.717, 1.165) is 5.56 Å². The average Bonchev–Trinajstić information content (AvgIpc) is 3.11. The van der Waals surface area contributed by atoms with Gasteiger partial charge in [-0.1, -0.05) is 6.07 Å². The molecule has 0 atom stereocenters. The number of anilines is 2. The summed E-state index contributed by atoms with van der Waals surface area (Å²) < 4.78 is 15.0. The van der Waals surface area contributed by atoms with Gasteiger partial charge >= 0.3 is 5.97 Å². The van der Waals surface area contributed by atoms with E-state index in [2.05, 4.69) is 20.3 Å². The Kier molecular flexibility index (Phi) is 3.68. The number of carbonyl (C=O) groups is 1. The number of benzene rings is 1. The Hall–Kier alpha value is -3.29. The standard InChI is InChI=1S/C18H16FN5O2/c1-9-3-4-11(17(25)26)14(19)13(9)12-7-10-8-22-18(20-2)23-15(10)24-6-5-21-16(12)24/h3-4,7-8H,5-6H2,1-2H3,(H,25,26)(H,20,22,23). The lowest BCUT2D eigenvalue weighted by atomic mass is 9.92. The Bertz CT molecular complexity index is 999. The molecule has 2 aliphatic heterocycles. The van der Waals surface area contributed by atoms with Gasteiger partial charge in [-0.05, 0) is 24.6 Å². The van der Waals surface area contributed by atoms with Crippen molar-refractivity contribution in [3.8, 4) is 0 Å². The summed E-state index contributed by atoms with van der Waals surface area (Å²) in [7, 11) is 1.74. The van der Waals surface area contributed by atoms with Gasteiger partial charge in [-0.15, -0.1) is 0 Å². The molecule has 8 heteroatoms. The number of halogens is 1. The molecule has 7 nitrogen and oxygen atoms in total. The third kappa shape index (κ3) is 2.33. The summed E-state index contributed by atoms with van der Waals surface area (Å²) in [6.07, 6.45) is 3.43. The van der Waals surface area contributed by atoms with E-state index in [1.54, 1.807) is 32.3 Å². The quantitative estimate of drug-likeness (QED) is 0.881. The molecule has 0 radical (unpaired) electrons. The van der Waals surface area contributed by atoms with E-state index < -0.39 is 11.8 Å². The predicted octanol–water partition coefficient (Wildman–Crippen LogP) is 2.44. The molecule has 132 valence electrons. The number of aryl methyl sites for hydroxylation is 1. The van der Waals surface area contributed by atoms with Gasteiger partial charge in [-0.2, -0.15) is 4.98 Å². The van der Waals surface area contributed by atoms with Gasteiger partial charge in [-0.3, -0.25) is 4.99 Å². The predicted molar refractivity (Wildman–Crippen MR) is 97.2 cm³/mol. The maximum atomic E-state index is 15.0. The van der Waals surface area contributed by atoms with E-state index >= 15 is 0 Å². The molecular formula is C18H16FN5O2. The number of rotatable bonds is 3. The first kappa shape index (κ1) is 16.2. The van der Waals surface area contributed by atoms with Gasteiger partial charge in [0.15, 0.2) is 0 Å². The van der Waals surface area contributed by atoms with Crippen LogP contribution in [0, 0.1) is 12.7 Å². The number of hydrogen-bond acceptors (Lipinski definition) is 6. The van der Waals surface area contributed by atoms with Crippen molar-refractivity contribution in [3.63, 3.8) is 0 Å². The molecule has 2 aromatic rings. The Labute approximate surface area is 148 Å². The molecule has 0 fully saturated rings. The number of aromatic carboxylic acids is 1. The average molecular weight is 353 g/mol. The van der Waals surface area contributed by atoms with Crippen molar-refractivity contribution in [1.82, 2.24) is 9.97 Å². The number of carboxylic acid groups (broad SMARTS) is 1. The number of carboxylic acids is 1. The molecular weight excluding hydrogens is 337 g/mol. The lowest BCUT2D eigenvalue weighted by Gasteiger charge is -2.28. The lowest BCUT2D eigenvalue weighted by molar-refractivity contribution is 0.0692. The van der Waals surface area contributed by atoms with Crippen LogP contribution in [0.15, 0.2) is 23.3 Å². The largest absolute Gasteiger partial charge is 0.478 e. The molecule has 2 N–H and O–H groups in total. The van der Waals surface area contributed by atoms with Gasteiger partial charge < -0.3 is 15.3 Å². The second kappa shape index (κ2) is 5.91. The summed E-state index contributed by atoms with van der Waals surface area (Å²) in [4.78, 5) is 26.5. The van der Waals surface area contributed by atoms with Crippen molar-refractivity contribution in [3.05, 3.63) is 46.4 Å². The zero-order valence-corrected chi connectivity index (χ0v) is 14.2. The smallest absolute Gasteiger partial charge is 0.338 e. The number of fused-ring (bicyclic) bond motifs is 3. The maximum Gasteiger partial charge on any atom is 0.338 e. The van der Waals surface area contributed by atoms with E-state index in [0.29, 0.717) is 41.8 Å². The van der Waals surface area contributed by atoms with E-state index in [1.807, 2.05) is 4.90 Å². The summed E-state index contributed by atoms with van der Waals surface area (Å²) >= 11 is 0. The molecule has 0 unspecified atom stereocenters. The number of aliphatic imine (C=N–C) groups is 1. The normalized spacial score (nSPS) is 15.1. The third-order valence-electron chi connectivity index (χ3n) is 4.51. The molecule has 0 saturated carbocycles. The van der Waals surface area contributed by atoms with Crippen molar-refractivity contribution in [1.29, 1.82) is 0 Å². The molecule has 0 bridgehead atoms. The van der Waals surface area contributed by atoms with Crippen LogP contribution in [0.1, 0.15) is 27.0 Å². The fourth-order valence-corrected chi connectivity index (χ4v) is 3.28. The van der Waals surface area contributed by atoms with Crippen LogP contribution in [-0.4, -0.2) is 47.0 Å². The van der Waals surface area contributed by atoms with Crippen molar-refractivity contribution in [2.45, 2.75) is 6.92 Å². The van der Waals surface area contributed by atoms with Crippen LogP contribution in [0.5, 0.6) is 0 Å². The number of hydrogen-bond donors (Lipinski definition) is 2. The van der Waals surface area contributed by atoms with Gasteiger partial charge in [0.05, 0.1) is 12.1 Å². The molecule has 26 heavy (non-hydrogen) atoms. The maximum absolute atomic E-state index is 15.0. The number of amidine groups is 1. The van der Waals surface area contributed by atoms with E-state index in [4.69, 9.17) is 0 Å². The first-order chi connectivity index (χ1) is 12.5. The second-order valence-corrected chi connectivity index (χ2v) is 6.06. The molecule has 1 aromatic carbocycles. The lowest BCUT2D eigenvalue weighted by Crippen LogP contribution is -2.33. The highest BCUT2D eigenvalue weighted by molar-refractivity contribution is 6.36. The monoisotopic (exact) mass is 353 g/mol. The minimum Gasteiger partial charge on any atom is -0.478 e. The summed E-state index contributed by atoms with van der Waals surface area (Å²) in [5, 5.41) is 12.2. The van der Waals surface area contributed by atoms with Crippen LogP contribution in [0.4, 0.5) is 16.2 Å². The number of nitrogens with zero attached hydrogens (tertiary/aromatic N) is 4. The molecule has 4 rings (SSSR count). The molecule has 0 amide bonds. The zero-order chi connectivity index (χ0) is 18.4. The highest BCUT2D eigenvalue weighted by Crippen LogP contribution is 2.37. The van der Waals surface area contributed by atoms with E-state index in [9.17, 15) is 14.3 Å². The Morgan fingerprint density at radius 1 is 1.38 bits per heavy atom. The number of aromatic nitrogens is 2. The zero-order valence-electron chi connectivity index (χ0n) is 14.2. The molecule has 0 saturated heterocycles. The minimum atomic E-state index is -1.30. The SMILES string of the molecule is CNc1ncc2c(n1)N1CCN=C1C(c1c(C)ccc(C(=O)O)c1F)=C2. The minimum absolute atomic E-state index is 0.249. The van der Waals surface area contributed by atoms with Gasteiger partial charge in [0.2, 0.25) is 5.95 Å².